The molecule has 0 fully saturated rings. The van der Waals surface area contributed by atoms with E-state index in [1.54, 1.807) is 4.57 Å². The second-order valence-corrected chi connectivity index (χ2v) is 39.9. The Balaban J connectivity index is 1.17. The van der Waals surface area contributed by atoms with Gasteiger partial charge in [-0.3, -0.25) is 0 Å². The fourth-order valence-electron chi connectivity index (χ4n) is 17.1. The summed E-state index contributed by atoms with van der Waals surface area (Å²) in [5.74, 6) is -0.281. The molecule has 0 atom stereocenters. The molecule has 12 aromatic carbocycles. The first-order valence-corrected chi connectivity index (χ1v) is 39.7. The molecule has 3 heterocycles. The SMILES string of the molecule is [2H]c1c([2H])c([2H])c2c(c1[2H])c1c([2H])c([2H])c([2H])c([2H])c1n2-c1ccc2c(c1)N(c1c(-c3ccc(C(C)(C)C)cc3)cc(C(C)(C)C)cc1C(C)(C)C)c1cc(C3c4ccccc4Cc4ccccc43)cc3c1N2c1cc(-c2cc(C(C)(C)C)cc(C(C)(C)C)c2)ccc1N3c1c(-c2ccc(C(C)(C)C)cc2)cc(C(C)(C)C)cc1C(C)(C)C. The topological polar surface area (TPSA) is 14.7 Å². The third kappa shape index (κ3) is 12.8. The molecule has 3 aliphatic rings. The minimum absolute atomic E-state index is 0.0152. The fourth-order valence-corrected chi connectivity index (χ4v) is 17.1. The van der Waals surface area contributed by atoms with Gasteiger partial charge >= 0.3 is 0 Å². The maximum absolute atomic E-state index is 10.0. The predicted molar refractivity (Wildman–Crippen MR) is 474 cm³/mol. The molecule has 0 unspecified atom stereocenters. The molecule has 16 rings (SSSR count). The van der Waals surface area contributed by atoms with E-state index >= 15 is 0 Å². The van der Waals surface area contributed by atoms with Crippen LogP contribution in [0, 0.1) is 0 Å². The summed E-state index contributed by atoms with van der Waals surface area (Å²) in [5.41, 5.74) is 28.5. The second kappa shape index (κ2) is 25.7. The van der Waals surface area contributed by atoms with Gasteiger partial charge in [-0.05, 0) is 211 Å². The van der Waals surface area contributed by atoms with Crippen LogP contribution in [0.1, 0.15) is 255 Å². The van der Waals surface area contributed by atoms with E-state index in [1.165, 1.54) is 55.6 Å². The highest BCUT2D eigenvalue weighted by atomic mass is 15.3. The van der Waals surface area contributed by atoms with Gasteiger partial charge in [0.1, 0.15) is 0 Å². The van der Waals surface area contributed by atoms with E-state index < -0.39 is 35.0 Å². The zero-order valence-corrected chi connectivity index (χ0v) is 69.5. The maximum Gasteiger partial charge on any atom is 0.0948 e. The Kier molecular flexibility index (Phi) is 15.1. The molecular weight excluding hydrogens is 1330 g/mol. The van der Waals surface area contributed by atoms with E-state index in [-0.39, 0.29) is 84.4 Å². The van der Waals surface area contributed by atoms with Crippen LogP contribution >= 0.6 is 0 Å². The zero-order valence-electron chi connectivity index (χ0n) is 77.5. The Hall–Kier alpha value is -10.2. The van der Waals surface area contributed by atoms with Gasteiger partial charge in [-0.1, -0.05) is 336 Å². The van der Waals surface area contributed by atoms with Crippen molar-refractivity contribution in [3.8, 4) is 39.1 Å². The fraction of sp³-hybridized carbons (Fsp3) is 0.321. The normalized spacial score (nSPS) is 15.3. The quantitative estimate of drug-likeness (QED) is 0.158. The number of rotatable bonds is 7. The maximum atomic E-state index is 10.0. The minimum Gasteiger partial charge on any atom is -0.309 e. The van der Waals surface area contributed by atoms with Crippen LogP contribution in [0.4, 0.5) is 51.2 Å². The monoisotopic (exact) mass is 1450 g/mol. The van der Waals surface area contributed by atoms with Gasteiger partial charge in [-0.2, -0.15) is 0 Å². The molecule has 110 heavy (non-hydrogen) atoms. The highest BCUT2D eigenvalue weighted by Gasteiger charge is 2.46. The summed E-state index contributed by atoms with van der Waals surface area (Å²) in [6.07, 6.45) is 0.773. The standard InChI is InChI=1S/C106H114N4/c1-99(2,3)72-46-41-65(42-47-72)83-60-76(103(13,14)15)62-85(105(19,20)21)96(83)109-89-51-45-67(70-54-74(101(7,8)9)59-75(55-70)102(10,11)12)56-91(89)108-90-52-50-78(107-87-39-31-29-37-81(87)82-38-30-32-40-88(82)107)64-92(90)110(94-58-71(57-93(109)98(94)108)95-79-35-27-25-33-68(79)53-69-34-26-28-36-80(69)95)97-84(66-43-48-73(49-44-66)100(4,5)6)61-77(104(16,17)18)63-86(97)106(22,23)24/h25-52,54-64,95H,53H2,1-24H3/i29D,30D,31D,32D,37D,38D,39D,40D. The summed E-state index contributed by atoms with van der Waals surface area (Å²) >= 11 is 0. The first kappa shape index (κ1) is 64.6. The summed E-state index contributed by atoms with van der Waals surface area (Å²) < 4.78 is 78.5. The minimum atomic E-state index is -0.557. The summed E-state index contributed by atoms with van der Waals surface area (Å²) in [7, 11) is 0. The molecule has 1 aromatic heterocycles. The first-order valence-electron chi connectivity index (χ1n) is 43.7. The Bertz CT molecular complexity index is 6180. The van der Waals surface area contributed by atoms with Crippen molar-refractivity contribution in [2.45, 2.75) is 222 Å². The summed E-state index contributed by atoms with van der Waals surface area (Å²) in [6, 6.07) is 68.6. The van der Waals surface area contributed by atoms with E-state index in [9.17, 15) is 11.0 Å². The molecule has 0 spiro atoms. The van der Waals surface area contributed by atoms with Crippen molar-refractivity contribution in [1.82, 2.24) is 4.57 Å². The predicted octanol–water partition coefficient (Wildman–Crippen LogP) is 30.3. The molecule has 0 saturated heterocycles. The number of nitrogens with zero attached hydrogens (tertiary/aromatic N) is 4. The Morgan fingerprint density at radius 3 is 1.09 bits per heavy atom. The highest BCUT2D eigenvalue weighted by Crippen LogP contribution is 2.68. The Morgan fingerprint density at radius 2 is 0.664 bits per heavy atom. The molecule has 0 N–H and O–H groups in total. The number of hydrogen-bond acceptors (Lipinski definition) is 3. The number of benzene rings is 12. The Morgan fingerprint density at radius 1 is 0.291 bits per heavy atom. The van der Waals surface area contributed by atoms with Gasteiger partial charge in [0.05, 0.1) is 73.2 Å². The third-order valence-electron chi connectivity index (χ3n) is 23.6. The molecule has 2 aliphatic heterocycles. The number of aromatic nitrogens is 1. The third-order valence-corrected chi connectivity index (χ3v) is 23.6. The van der Waals surface area contributed by atoms with Crippen molar-refractivity contribution >= 4 is 73.0 Å². The van der Waals surface area contributed by atoms with Crippen LogP contribution in [0.15, 0.2) is 236 Å². The van der Waals surface area contributed by atoms with Crippen molar-refractivity contribution in [3.05, 3.63) is 309 Å². The van der Waals surface area contributed by atoms with E-state index in [0.29, 0.717) is 5.69 Å². The van der Waals surface area contributed by atoms with Crippen molar-refractivity contribution < 1.29 is 11.0 Å². The van der Waals surface area contributed by atoms with Crippen LogP contribution in [0.5, 0.6) is 0 Å². The van der Waals surface area contributed by atoms with Gasteiger partial charge < -0.3 is 19.3 Å². The van der Waals surface area contributed by atoms with Crippen LogP contribution in [-0.2, 0) is 49.7 Å². The van der Waals surface area contributed by atoms with Crippen LogP contribution in [0.25, 0.3) is 60.9 Å². The van der Waals surface area contributed by atoms with Crippen LogP contribution in [0.2, 0.25) is 0 Å². The molecule has 0 amide bonds. The highest BCUT2D eigenvalue weighted by molar-refractivity contribution is 6.16. The smallest absolute Gasteiger partial charge is 0.0948 e. The number of anilines is 9. The average Bonchev–Trinajstić information content (AvgIpc) is 0.777. The van der Waals surface area contributed by atoms with Crippen molar-refractivity contribution in [2.75, 3.05) is 14.7 Å². The van der Waals surface area contributed by atoms with Crippen molar-refractivity contribution in [1.29, 1.82) is 0 Å². The largest absolute Gasteiger partial charge is 0.309 e. The molecule has 4 heteroatoms. The summed E-state index contributed by atoms with van der Waals surface area (Å²) in [5, 5.41) is 0.0304. The molecular formula is C106H114N4. The molecule has 1 aliphatic carbocycles. The van der Waals surface area contributed by atoms with Gasteiger partial charge in [0.15, 0.2) is 0 Å². The molecule has 0 radical (unpaired) electrons. The van der Waals surface area contributed by atoms with Crippen LogP contribution in [-0.4, -0.2) is 4.57 Å². The summed E-state index contributed by atoms with van der Waals surface area (Å²) in [6.45, 7) is 55.4. The molecule has 0 saturated carbocycles. The lowest BCUT2D eigenvalue weighted by Crippen LogP contribution is -2.33. The van der Waals surface area contributed by atoms with E-state index in [2.05, 4.69) is 363 Å². The number of para-hydroxylation sites is 2. The van der Waals surface area contributed by atoms with Gasteiger partial charge in [0.2, 0.25) is 0 Å². The summed E-state index contributed by atoms with van der Waals surface area (Å²) in [4.78, 5) is 7.70. The number of hydrogen-bond donors (Lipinski definition) is 0. The van der Waals surface area contributed by atoms with Crippen molar-refractivity contribution in [2.24, 2.45) is 0 Å². The molecule has 558 valence electrons. The van der Waals surface area contributed by atoms with Gasteiger partial charge in [0.25, 0.3) is 0 Å². The van der Waals surface area contributed by atoms with Gasteiger partial charge in [-0.25, -0.2) is 0 Å². The van der Waals surface area contributed by atoms with Crippen LogP contribution < -0.4 is 14.7 Å². The van der Waals surface area contributed by atoms with E-state index in [0.717, 1.165) is 108 Å². The molecule has 13 aromatic rings. The van der Waals surface area contributed by atoms with Gasteiger partial charge in [0, 0.05) is 33.5 Å². The Labute approximate surface area is 669 Å². The zero-order chi connectivity index (χ0) is 85.2. The second-order valence-electron chi connectivity index (χ2n) is 39.9. The van der Waals surface area contributed by atoms with E-state index in [1.807, 2.05) is 6.07 Å². The molecule has 0 bridgehead atoms. The first-order chi connectivity index (χ1) is 54.9. The lowest BCUT2D eigenvalue weighted by Gasteiger charge is -2.49. The average molecular weight is 1450 g/mol. The van der Waals surface area contributed by atoms with E-state index in [4.69, 9.17) is 0 Å². The number of fused-ring (bicyclic) bond motifs is 9. The van der Waals surface area contributed by atoms with Gasteiger partial charge in [-0.15, -0.1) is 0 Å². The van der Waals surface area contributed by atoms with Crippen molar-refractivity contribution in [3.63, 3.8) is 0 Å². The lowest BCUT2D eigenvalue weighted by molar-refractivity contribution is 0.568. The lowest BCUT2D eigenvalue weighted by atomic mass is 9.74. The van der Waals surface area contributed by atoms with Crippen LogP contribution in [0.3, 0.4) is 0 Å². The molecule has 4 nitrogen and oxygen atoms in total.